The largest absolute Gasteiger partial charge is 0.507 e. The van der Waals surface area contributed by atoms with Gasteiger partial charge >= 0.3 is 0 Å². The summed E-state index contributed by atoms with van der Waals surface area (Å²) in [7, 11) is 0. The van der Waals surface area contributed by atoms with E-state index in [2.05, 4.69) is 6.92 Å². The monoisotopic (exact) mass is 232 g/mol. The number of aryl methyl sites for hydroxylation is 1. The molecule has 17 heavy (non-hydrogen) atoms. The molecule has 0 heterocycles. The molecule has 2 heteroatoms. The molecule has 0 aliphatic heterocycles. The number of Topliss-reactive ketones (excluding diaryl/α,β-unsaturated/α-hetero) is 1. The van der Waals surface area contributed by atoms with Crippen LogP contribution in [-0.2, 0) is 0 Å². The minimum atomic E-state index is 0.114. The second-order valence-corrected chi connectivity index (χ2v) is 5.01. The standard InChI is InChI=1S/C15H20O2/c1-3-4-5-6-11-9-13(17)15-12(16)8-7-10(2)14(11)15/h7-8,11,16H,3-6,9H2,1-2H3. The Morgan fingerprint density at radius 2 is 2.12 bits per heavy atom. The number of rotatable bonds is 4. The van der Waals surface area contributed by atoms with Gasteiger partial charge < -0.3 is 5.11 Å². The van der Waals surface area contributed by atoms with Crippen LogP contribution in [0.15, 0.2) is 12.1 Å². The molecule has 1 aliphatic rings. The lowest BCUT2D eigenvalue weighted by Gasteiger charge is -2.13. The second kappa shape index (κ2) is 4.91. The van der Waals surface area contributed by atoms with Gasteiger partial charge in [0.2, 0.25) is 0 Å². The number of carbonyl (C=O) groups is 1. The van der Waals surface area contributed by atoms with Gasteiger partial charge in [-0.15, -0.1) is 0 Å². The van der Waals surface area contributed by atoms with Crippen LogP contribution >= 0.6 is 0 Å². The van der Waals surface area contributed by atoms with Crippen molar-refractivity contribution in [3.63, 3.8) is 0 Å². The minimum absolute atomic E-state index is 0.114. The zero-order valence-electron chi connectivity index (χ0n) is 10.6. The Labute approximate surface area is 103 Å². The van der Waals surface area contributed by atoms with Gasteiger partial charge in [-0.05, 0) is 36.5 Å². The van der Waals surface area contributed by atoms with Gasteiger partial charge in [-0.1, -0.05) is 32.3 Å². The molecule has 0 amide bonds. The fourth-order valence-corrected chi connectivity index (χ4v) is 2.85. The zero-order valence-corrected chi connectivity index (χ0v) is 10.6. The van der Waals surface area contributed by atoms with Crippen LogP contribution in [0.5, 0.6) is 5.75 Å². The lowest BCUT2D eigenvalue weighted by atomic mass is 9.91. The topological polar surface area (TPSA) is 37.3 Å². The summed E-state index contributed by atoms with van der Waals surface area (Å²) in [6.07, 6.45) is 5.24. The van der Waals surface area contributed by atoms with Crippen LogP contribution in [0.25, 0.3) is 0 Å². The summed E-state index contributed by atoms with van der Waals surface area (Å²) in [5, 5.41) is 9.79. The van der Waals surface area contributed by atoms with Crippen LogP contribution in [0.4, 0.5) is 0 Å². The van der Waals surface area contributed by atoms with E-state index in [1.54, 1.807) is 6.07 Å². The molecule has 1 unspecified atom stereocenters. The van der Waals surface area contributed by atoms with E-state index in [9.17, 15) is 9.90 Å². The zero-order chi connectivity index (χ0) is 12.4. The Morgan fingerprint density at radius 3 is 2.82 bits per heavy atom. The van der Waals surface area contributed by atoms with Crippen LogP contribution in [0.1, 0.15) is 66.4 Å². The van der Waals surface area contributed by atoms with Crippen LogP contribution in [0, 0.1) is 6.92 Å². The first-order valence-corrected chi connectivity index (χ1v) is 6.50. The van der Waals surface area contributed by atoms with E-state index >= 15 is 0 Å². The summed E-state index contributed by atoms with van der Waals surface area (Å²) < 4.78 is 0. The molecule has 0 radical (unpaired) electrons. The van der Waals surface area contributed by atoms with Gasteiger partial charge in [-0.25, -0.2) is 0 Å². The molecule has 1 N–H and O–H groups in total. The molecule has 0 aromatic heterocycles. The Kier molecular flexibility index (Phi) is 3.51. The summed E-state index contributed by atoms with van der Waals surface area (Å²) in [6.45, 7) is 4.22. The molecule has 2 nitrogen and oxygen atoms in total. The molecule has 0 spiro atoms. The number of phenols is 1. The first-order valence-electron chi connectivity index (χ1n) is 6.50. The van der Waals surface area contributed by atoms with E-state index in [0.717, 1.165) is 17.5 Å². The van der Waals surface area contributed by atoms with Gasteiger partial charge in [-0.3, -0.25) is 4.79 Å². The first kappa shape index (κ1) is 12.2. The molecular formula is C15H20O2. The fraction of sp³-hybridized carbons (Fsp3) is 0.533. The Balaban J connectivity index is 2.27. The van der Waals surface area contributed by atoms with E-state index in [0.29, 0.717) is 17.9 Å². The molecule has 0 bridgehead atoms. The SMILES string of the molecule is CCCCCC1CC(=O)c2c(O)ccc(C)c21. The summed E-state index contributed by atoms with van der Waals surface area (Å²) in [6, 6.07) is 3.56. The van der Waals surface area contributed by atoms with Gasteiger partial charge in [-0.2, -0.15) is 0 Å². The number of phenolic OH excluding ortho intramolecular Hbond substituents is 1. The number of hydrogen-bond donors (Lipinski definition) is 1. The molecule has 1 atom stereocenters. The third-order valence-electron chi connectivity index (χ3n) is 3.72. The second-order valence-electron chi connectivity index (χ2n) is 5.01. The van der Waals surface area contributed by atoms with Crippen molar-refractivity contribution >= 4 is 5.78 Å². The fourth-order valence-electron chi connectivity index (χ4n) is 2.85. The number of benzene rings is 1. The summed E-state index contributed by atoms with van der Waals surface area (Å²) in [5.74, 6) is 0.604. The van der Waals surface area contributed by atoms with Crippen molar-refractivity contribution in [1.82, 2.24) is 0 Å². The van der Waals surface area contributed by atoms with E-state index in [4.69, 9.17) is 0 Å². The van der Waals surface area contributed by atoms with Crippen molar-refractivity contribution < 1.29 is 9.90 Å². The molecule has 1 aromatic rings. The van der Waals surface area contributed by atoms with Crippen molar-refractivity contribution in [2.45, 2.75) is 51.9 Å². The Hall–Kier alpha value is -1.31. The normalized spacial score (nSPS) is 18.5. The van der Waals surface area contributed by atoms with E-state index in [1.165, 1.54) is 19.3 Å². The van der Waals surface area contributed by atoms with Crippen molar-refractivity contribution in [2.75, 3.05) is 0 Å². The molecule has 1 aliphatic carbocycles. The van der Waals surface area contributed by atoms with E-state index in [1.807, 2.05) is 13.0 Å². The van der Waals surface area contributed by atoms with Gasteiger partial charge in [0.1, 0.15) is 5.75 Å². The first-order chi connectivity index (χ1) is 8.15. The third kappa shape index (κ3) is 2.21. The summed E-state index contributed by atoms with van der Waals surface area (Å²) >= 11 is 0. The number of hydrogen-bond acceptors (Lipinski definition) is 2. The summed E-state index contributed by atoms with van der Waals surface area (Å²) in [4.78, 5) is 11.9. The lowest BCUT2D eigenvalue weighted by Crippen LogP contribution is -1.96. The third-order valence-corrected chi connectivity index (χ3v) is 3.72. The van der Waals surface area contributed by atoms with Crippen molar-refractivity contribution in [3.8, 4) is 5.75 Å². The van der Waals surface area contributed by atoms with Crippen LogP contribution in [-0.4, -0.2) is 10.9 Å². The highest BCUT2D eigenvalue weighted by Gasteiger charge is 2.32. The van der Waals surface area contributed by atoms with Gasteiger partial charge in [0.05, 0.1) is 5.56 Å². The molecule has 2 rings (SSSR count). The maximum absolute atomic E-state index is 11.9. The number of aromatic hydroxyl groups is 1. The highest BCUT2D eigenvalue weighted by Crippen LogP contribution is 2.42. The molecule has 0 fully saturated rings. The van der Waals surface area contributed by atoms with Crippen LogP contribution in [0.2, 0.25) is 0 Å². The predicted molar refractivity (Wildman–Crippen MR) is 68.7 cm³/mol. The van der Waals surface area contributed by atoms with Crippen molar-refractivity contribution in [2.24, 2.45) is 0 Å². The maximum Gasteiger partial charge on any atom is 0.167 e. The van der Waals surface area contributed by atoms with Gasteiger partial charge in [0, 0.05) is 6.42 Å². The number of unbranched alkanes of at least 4 members (excludes halogenated alkanes) is 2. The maximum atomic E-state index is 11.9. The molecular weight excluding hydrogens is 212 g/mol. The van der Waals surface area contributed by atoms with Crippen LogP contribution < -0.4 is 0 Å². The average Bonchev–Trinajstić information content (AvgIpc) is 2.63. The number of ketones is 1. The van der Waals surface area contributed by atoms with Crippen molar-refractivity contribution in [3.05, 3.63) is 28.8 Å². The average molecular weight is 232 g/mol. The smallest absolute Gasteiger partial charge is 0.167 e. The minimum Gasteiger partial charge on any atom is -0.507 e. The lowest BCUT2D eigenvalue weighted by molar-refractivity contribution is 0.0985. The number of carbonyl (C=O) groups excluding carboxylic acids is 1. The quantitative estimate of drug-likeness (QED) is 0.798. The van der Waals surface area contributed by atoms with Crippen molar-refractivity contribution in [1.29, 1.82) is 0 Å². The number of fused-ring (bicyclic) bond motifs is 1. The molecule has 92 valence electrons. The van der Waals surface area contributed by atoms with Gasteiger partial charge in [0.15, 0.2) is 5.78 Å². The molecule has 0 saturated heterocycles. The van der Waals surface area contributed by atoms with E-state index < -0.39 is 0 Å². The molecule has 1 aromatic carbocycles. The van der Waals surface area contributed by atoms with E-state index in [-0.39, 0.29) is 11.5 Å². The van der Waals surface area contributed by atoms with Gasteiger partial charge in [0.25, 0.3) is 0 Å². The highest BCUT2D eigenvalue weighted by molar-refractivity contribution is 6.04. The highest BCUT2D eigenvalue weighted by atomic mass is 16.3. The Morgan fingerprint density at radius 1 is 1.35 bits per heavy atom. The van der Waals surface area contributed by atoms with Crippen LogP contribution in [0.3, 0.4) is 0 Å². The molecule has 0 saturated carbocycles. The Bertz CT molecular complexity index is 435. The summed E-state index contributed by atoms with van der Waals surface area (Å²) in [5.41, 5.74) is 2.84. The predicted octanol–water partition coefficient (Wildman–Crippen LogP) is 3.95.